The number of amides is 1. The molecule has 2 unspecified atom stereocenters. The summed E-state index contributed by atoms with van der Waals surface area (Å²) in [6, 6.07) is 0.472. The monoisotopic (exact) mass is 280 g/mol. The molecule has 3 heteroatoms. The van der Waals surface area contributed by atoms with E-state index in [1.54, 1.807) is 0 Å². The fourth-order valence-electron chi connectivity index (χ4n) is 3.80. The molecule has 2 rings (SSSR count). The smallest absolute Gasteiger partial charge is 0.244 e. The molecule has 1 amide bonds. The Labute approximate surface area is 124 Å². The van der Waals surface area contributed by atoms with Crippen molar-refractivity contribution < 1.29 is 4.79 Å². The largest absolute Gasteiger partial charge is 0.323 e. The van der Waals surface area contributed by atoms with Crippen LogP contribution in [-0.4, -0.2) is 28.6 Å². The molecule has 1 saturated carbocycles. The zero-order chi connectivity index (χ0) is 14.6. The van der Waals surface area contributed by atoms with Gasteiger partial charge in [-0.3, -0.25) is 10.1 Å². The Bertz CT molecular complexity index is 323. The summed E-state index contributed by atoms with van der Waals surface area (Å²) in [5, 5.41) is 3.63. The van der Waals surface area contributed by atoms with Crippen LogP contribution in [0.5, 0.6) is 0 Å². The molecule has 0 bridgehead atoms. The Kier molecular flexibility index (Phi) is 5.48. The van der Waals surface area contributed by atoms with Gasteiger partial charge >= 0.3 is 0 Å². The molecule has 2 aliphatic rings. The highest BCUT2D eigenvalue weighted by Crippen LogP contribution is 2.32. The Morgan fingerprint density at radius 1 is 1.15 bits per heavy atom. The second-order valence-corrected chi connectivity index (χ2v) is 6.85. The van der Waals surface area contributed by atoms with Gasteiger partial charge in [-0.2, -0.15) is 0 Å². The maximum Gasteiger partial charge on any atom is 0.244 e. The van der Waals surface area contributed by atoms with Crippen LogP contribution in [0, 0.1) is 0 Å². The van der Waals surface area contributed by atoms with E-state index >= 15 is 0 Å². The normalized spacial score (nSPS) is 33.2. The van der Waals surface area contributed by atoms with Crippen molar-refractivity contribution in [2.24, 2.45) is 0 Å². The molecule has 2 atom stereocenters. The zero-order valence-electron chi connectivity index (χ0n) is 13.6. The first kappa shape index (κ1) is 15.8. The fourth-order valence-corrected chi connectivity index (χ4v) is 3.80. The van der Waals surface area contributed by atoms with E-state index in [0.717, 1.165) is 19.3 Å². The summed E-state index contributed by atoms with van der Waals surface area (Å²) in [6.45, 7) is 6.42. The lowest BCUT2D eigenvalue weighted by molar-refractivity contribution is -0.135. The molecule has 20 heavy (non-hydrogen) atoms. The molecule has 2 fully saturated rings. The molecule has 1 saturated heterocycles. The first-order valence-corrected chi connectivity index (χ1v) is 8.73. The van der Waals surface area contributed by atoms with Crippen LogP contribution in [0.3, 0.4) is 0 Å². The van der Waals surface area contributed by atoms with Gasteiger partial charge in [0.15, 0.2) is 0 Å². The number of carbonyl (C=O) groups excluding carboxylic acids is 1. The van der Waals surface area contributed by atoms with E-state index in [2.05, 4.69) is 31.0 Å². The molecular weight excluding hydrogens is 248 g/mol. The molecular formula is C17H32N2O. The van der Waals surface area contributed by atoms with Gasteiger partial charge in [-0.1, -0.05) is 52.4 Å². The highest BCUT2D eigenvalue weighted by atomic mass is 16.2. The van der Waals surface area contributed by atoms with Gasteiger partial charge in [0.25, 0.3) is 0 Å². The van der Waals surface area contributed by atoms with E-state index < -0.39 is 0 Å². The van der Waals surface area contributed by atoms with E-state index in [9.17, 15) is 4.79 Å². The quantitative estimate of drug-likeness (QED) is 0.849. The zero-order valence-corrected chi connectivity index (χ0v) is 13.6. The van der Waals surface area contributed by atoms with Gasteiger partial charge in [0.1, 0.15) is 0 Å². The summed E-state index contributed by atoms with van der Waals surface area (Å²) in [5.74, 6) is 0.351. The van der Waals surface area contributed by atoms with Crippen molar-refractivity contribution >= 4 is 5.91 Å². The first-order valence-electron chi connectivity index (χ1n) is 8.73. The van der Waals surface area contributed by atoms with Crippen LogP contribution in [0.15, 0.2) is 0 Å². The highest BCUT2D eigenvalue weighted by molar-refractivity contribution is 5.88. The molecule has 0 radical (unpaired) electrons. The third-order valence-corrected chi connectivity index (χ3v) is 5.26. The molecule has 0 spiro atoms. The molecule has 116 valence electrons. The lowest BCUT2D eigenvalue weighted by Crippen LogP contribution is -2.45. The van der Waals surface area contributed by atoms with Crippen LogP contribution in [0.25, 0.3) is 0 Å². The summed E-state index contributed by atoms with van der Waals surface area (Å²) in [7, 11) is 0. The van der Waals surface area contributed by atoms with Crippen LogP contribution in [0.4, 0.5) is 0 Å². The topological polar surface area (TPSA) is 32.3 Å². The standard InChI is InChI=1S/C17H32N2O/c1-4-11-15-18-17(3,5-2)16(20)19(15)14-12-9-7-6-8-10-13-14/h14-15,18H,4-13H2,1-3H3. The Morgan fingerprint density at radius 3 is 2.30 bits per heavy atom. The van der Waals surface area contributed by atoms with E-state index in [1.165, 1.54) is 44.9 Å². The first-order chi connectivity index (χ1) is 9.62. The second-order valence-electron chi connectivity index (χ2n) is 6.85. The lowest BCUT2D eigenvalue weighted by atomic mass is 9.93. The second kappa shape index (κ2) is 6.93. The number of carbonyl (C=O) groups is 1. The lowest BCUT2D eigenvalue weighted by Gasteiger charge is -2.34. The molecule has 1 N–H and O–H groups in total. The maximum absolute atomic E-state index is 12.9. The van der Waals surface area contributed by atoms with Crippen molar-refractivity contribution in [2.45, 2.75) is 103 Å². The van der Waals surface area contributed by atoms with E-state index in [0.29, 0.717) is 11.9 Å². The summed E-state index contributed by atoms with van der Waals surface area (Å²) in [6.07, 6.45) is 12.4. The minimum Gasteiger partial charge on any atom is -0.323 e. The summed E-state index contributed by atoms with van der Waals surface area (Å²) >= 11 is 0. The fraction of sp³-hybridized carbons (Fsp3) is 0.941. The van der Waals surface area contributed by atoms with Gasteiger partial charge in [0, 0.05) is 6.04 Å². The Hall–Kier alpha value is -0.570. The molecule has 1 heterocycles. The average Bonchev–Trinajstić information content (AvgIpc) is 2.64. The SMILES string of the molecule is CCCC1NC(C)(CC)C(=O)N1C1CCCCCCC1. The van der Waals surface area contributed by atoms with Crippen LogP contribution >= 0.6 is 0 Å². The van der Waals surface area contributed by atoms with Gasteiger partial charge < -0.3 is 4.90 Å². The number of nitrogens with zero attached hydrogens (tertiary/aromatic N) is 1. The Morgan fingerprint density at radius 2 is 1.75 bits per heavy atom. The number of hydrogen-bond donors (Lipinski definition) is 1. The van der Waals surface area contributed by atoms with Crippen molar-refractivity contribution in [2.75, 3.05) is 0 Å². The van der Waals surface area contributed by atoms with Gasteiger partial charge in [-0.25, -0.2) is 0 Å². The molecule has 0 aromatic heterocycles. The molecule has 0 aromatic rings. The number of nitrogens with one attached hydrogen (secondary N) is 1. The van der Waals surface area contributed by atoms with Crippen molar-refractivity contribution in [1.82, 2.24) is 10.2 Å². The minimum absolute atomic E-state index is 0.266. The molecule has 1 aliphatic heterocycles. The predicted molar refractivity (Wildman–Crippen MR) is 83.5 cm³/mol. The van der Waals surface area contributed by atoms with Gasteiger partial charge in [0.2, 0.25) is 5.91 Å². The molecule has 1 aliphatic carbocycles. The summed E-state index contributed by atoms with van der Waals surface area (Å²) in [4.78, 5) is 15.1. The van der Waals surface area contributed by atoms with Crippen molar-refractivity contribution in [3.05, 3.63) is 0 Å². The van der Waals surface area contributed by atoms with Crippen LogP contribution in [0.1, 0.15) is 85.0 Å². The summed E-state index contributed by atoms with van der Waals surface area (Å²) in [5.41, 5.74) is -0.331. The van der Waals surface area contributed by atoms with Crippen molar-refractivity contribution in [1.29, 1.82) is 0 Å². The third-order valence-electron chi connectivity index (χ3n) is 5.26. The minimum atomic E-state index is -0.331. The van der Waals surface area contributed by atoms with E-state index in [1.807, 2.05) is 0 Å². The Balaban J connectivity index is 2.14. The summed E-state index contributed by atoms with van der Waals surface area (Å²) < 4.78 is 0. The van der Waals surface area contributed by atoms with Crippen molar-refractivity contribution in [3.8, 4) is 0 Å². The van der Waals surface area contributed by atoms with Gasteiger partial charge in [-0.15, -0.1) is 0 Å². The molecule has 0 aromatic carbocycles. The number of hydrogen-bond acceptors (Lipinski definition) is 2. The third kappa shape index (κ3) is 3.19. The van der Waals surface area contributed by atoms with Crippen LogP contribution < -0.4 is 5.32 Å². The predicted octanol–water partition coefficient (Wildman–Crippen LogP) is 3.83. The van der Waals surface area contributed by atoms with Gasteiger partial charge in [0.05, 0.1) is 11.7 Å². The van der Waals surface area contributed by atoms with E-state index in [-0.39, 0.29) is 11.7 Å². The van der Waals surface area contributed by atoms with Crippen LogP contribution in [0.2, 0.25) is 0 Å². The number of rotatable bonds is 4. The highest BCUT2D eigenvalue weighted by Gasteiger charge is 2.48. The van der Waals surface area contributed by atoms with Crippen LogP contribution in [-0.2, 0) is 4.79 Å². The molecule has 3 nitrogen and oxygen atoms in total. The maximum atomic E-state index is 12.9. The van der Waals surface area contributed by atoms with Crippen molar-refractivity contribution in [3.63, 3.8) is 0 Å². The average molecular weight is 280 g/mol. The van der Waals surface area contributed by atoms with Gasteiger partial charge in [-0.05, 0) is 32.6 Å². The van der Waals surface area contributed by atoms with E-state index in [4.69, 9.17) is 0 Å².